The molecule has 0 bridgehead atoms. The lowest BCUT2D eigenvalue weighted by Crippen LogP contribution is -2.41. The lowest BCUT2D eigenvalue weighted by Gasteiger charge is -2.35. The van der Waals surface area contributed by atoms with E-state index in [2.05, 4.69) is 107 Å². The van der Waals surface area contributed by atoms with E-state index in [1.807, 2.05) is 6.07 Å². The molecule has 0 saturated carbocycles. The van der Waals surface area contributed by atoms with E-state index < -0.39 is 23.7 Å². The van der Waals surface area contributed by atoms with Gasteiger partial charge in [0.2, 0.25) is 0 Å². The second-order valence-corrected chi connectivity index (χ2v) is 11.3. The van der Waals surface area contributed by atoms with Crippen molar-refractivity contribution in [2.24, 2.45) is 0 Å². The summed E-state index contributed by atoms with van der Waals surface area (Å²) in [6, 6.07) is 28.7. The molecule has 4 aromatic rings. The van der Waals surface area contributed by atoms with Gasteiger partial charge in [-0.3, -0.25) is 0 Å². The Morgan fingerprint density at radius 3 is 1.97 bits per heavy atom. The summed E-state index contributed by atoms with van der Waals surface area (Å²) in [4.78, 5) is 0. The molecular formula is C33H28BFO2. The Labute approximate surface area is 217 Å². The van der Waals surface area contributed by atoms with Gasteiger partial charge in [0.15, 0.2) is 0 Å². The first-order chi connectivity index (χ1) is 17.7. The number of hydrogen-bond acceptors (Lipinski definition) is 2. The molecule has 1 aliphatic heterocycles. The number of fused-ring (bicyclic) bond motifs is 9. The third kappa shape index (κ3) is 3.00. The second-order valence-electron chi connectivity index (χ2n) is 11.3. The van der Waals surface area contributed by atoms with E-state index in [1.54, 1.807) is 12.1 Å². The SMILES string of the molecule is CC1(C)OB(c2ccc3c(c2)-c2ccccc2C32c3ccccc3C=Cc3ccc(F)cc32)OC1(C)C. The van der Waals surface area contributed by atoms with Crippen molar-refractivity contribution in [3.63, 3.8) is 0 Å². The highest BCUT2D eigenvalue weighted by molar-refractivity contribution is 6.62. The molecular weight excluding hydrogens is 458 g/mol. The Hall–Kier alpha value is -3.47. The minimum absolute atomic E-state index is 0.231. The predicted octanol–water partition coefficient (Wildman–Crippen LogP) is 6.97. The van der Waals surface area contributed by atoms with Gasteiger partial charge in [-0.1, -0.05) is 84.9 Å². The zero-order valence-corrected chi connectivity index (χ0v) is 21.5. The van der Waals surface area contributed by atoms with Crippen molar-refractivity contribution >= 4 is 24.7 Å². The molecule has 1 atom stereocenters. The molecule has 1 saturated heterocycles. The zero-order valence-electron chi connectivity index (χ0n) is 21.5. The molecule has 0 radical (unpaired) electrons. The number of hydrogen-bond donors (Lipinski definition) is 0. The van der Waals surface area contributed by atoms with Crippen LogP contribution in [0.15, 0.2) is 84.9 Å². The Morgan fingerprint density at radius 2 is 1.22 bits per heavy atom. The normalized spacial score (nSPS) is 21.8. The summed E-state index contributed by atoms with van der Waals surface area (Å²) in [5.74, 6) is -0.231. The molecule has 1 fully saturated rings. The minimum atomic E-state index is -0.641. The molecule has 2 nitrogen and oxygen atoms in total. The topological polar surface area (TPSA) is 18.5 Å². The lowest BCUT2D eigenvalue weighted by atomic mass is 9.65. The van der Waals surface area contributed by atoms with Gasteiger partial charge in [0.1, 0.15) is 5.82 Å². The molecule has 0 aromatic heterocycles. The number of rotatable bonds is 1. The average molecular weight is 486 g/mol. The quantitative estimate of drug-likeness (QED) is 0.234. The van der Waals surface area contributed by atoms with E-state index in [1.165, 1.54) is 5.56 Å². The average Bonchev–Trinajstić information content (AvgIpc) is 3.23. The van der Waals surface area contributed by atoms with Gasteiger partial charge in [0, 0.05) is 0 Å². The fraction of sp³-hybridized carbons (Fsp3) is 0.212. The van der Waals surface area contributed by atoms with Gasteiger partial charge < -0.3 is 9.31 Å². The van der Waals surface area contributed by atoms with Crippen LogP contribution in [0, 0.1) is 5.82 Å². The summed E-state index contributed by atoms with van der Waals surface area (Å²) in [6.45, 7) is 8.30. The van der Waals surface area contributed by atoms with E-state index in [0.717, 1.165) is 44.4 Å². The van der Waals surface area contributed by atoms with Crippen molar-refractivity contribution in [1.82, 2.24) is 0 Å². The zero-order chi connectivity index (χ0) is 25.6. The summed E-state index contributed by atoms with van der Waals surface area (Å²) >= 11 is 0. The maximum Gasteiger partial charge on any atom is 0.494 e. The first-order valence-electron chi connectivity index (χ1n) is 12.9. The second kappa shape index (κ2) is 7.53. The van der Waals surface area contributed by atoms with Crippen molar-refractivity contribution in [3.05, 3.63) is 124 Å². The van der Waals surface area contributed by atoms with Crippen LogP contribution in [0.3, 0.4) is 0 Å². The summed E-state index contributed by atoms with van der Waals surface area (Å²) in [5, 5.41) is 0. The van der Waals surface area contributed by atoms with Gasteiger partial charge in [-0.2, -0.15) is 0 Å². The maximum atomic E-state index is 14.9. The van der Waals surface area contributed by atoms with Gasteiger partial charge in [-0.25, -0.2) is 4.39 Å². The van der Waals surface area contributed by atoms with Crippen LogP contribution in [0.5, 0.6) is 0 Å². The first-order valence-corrected chi connectivity index (χ1v) is 12.9. The Kier molecular flexibility index (Phi) is 4.62. The van der Waals surface area contributed by atoms with Crippen LogP contribution in [0.4, 0.5) is 4.39 Å². The van der Waals surface area contributed by atoms with Gasteiger partial charge >= 0.3 is 7.12 Å². The van der Waals surface area contributed by atoms with Crippen LogP contribution in [0.25, 0.3) is 23.3 Å². The summed E-state index contributed by atoms with van der Waals surface area (Å²) in [5.41, 5.74) is 8.40. The van der Waals surface area contributed by atoms with Crippen molar-refractivity contribution < 1.29 is 13.7 Å². The molecule has 182 valence electrons. The fourth-order valence-corrected chi connectivity index (χ4v) is 6.31. The molecule has 1 spiro atoms. The van der Waals surface area contributed by atoms with Gasteiger partial charge in [0.25, 0.3) is 0 Å². The molecule has 2 aliphatic carbocycles. The van der Waals surface area contributed by atoms with E-state index in [0.29, 0.717) is 0 Å². The van der Waals surface area contributed by atoms with Crippen LogP contribution in [0.1, 0.15) is 61.1 Å². The van der Waals surface area contributed by atoms with Gasteiger partial charge in [-0.15, -0.1) is 0 Å². The van der Waals surface area contributed by atoms with E-state index in [-0.39, 0.29) is 5.82 Å². The lowest BCUT2D eigenvalue weighted by molar-refractivity contribution is 0.00578. The molecule has 4 heteroatoms. The highest BCUT2D eigenvalue weighted by atomic mass is 19.1. The van der Waals surface area contributed by atoms with E-state index in [4.69, 9.17) is 9.31 Å². The van der Waals surface area contributed by atoms with E-state index >= 15 is 0 Å². The molecule has 7 rings (SSSR count). The van der Waals surface area contributed by atoms with Crippen LogP contribution in [0.2, 0.25) is 0 Å². The largest absolute Gasteiger partial charge is 0.494 e. The third-order valence-electron chi connectivity index (χ3n) is 8.82. The van der Waals surface area contributed by atoms with Crippen LogP contribution < -0.4 is 5.46 Å². The Balaban J connectivity index is 1.54. The Morgan fingerprint density at radius 1 is 0.595 bits per heavy atom. The third-order valence-corrected chi connectivity index (χ3v) is 8.82. The van der Waals surface area contributed by atoms with E-state index in [9.17, 15) is 4.39 Å². The van der Waals surface area contributed by atoms with Crippen LogP contribution in [-0.4, -0.2) is 18.3 Å². The van der Waals surface area contributed by atoms with Crippen molar-refractivity contribution in [2.45, 2.75) is 44.3 Å². The standard InChI is InChI=1S/C33H28BFO2/c1-31(2)32(3,4)37-34(36-31)23-16-18-29-26(19-23)25-10-6-8-12-28(25)33(29)27-11-7-5-9-21(27)13-14-22-15-17-24(35)20-30(22)33/h5-20H,1-4H3. The molecule has 1 unspecified atom stereocenters. The molecule has 0 N–H and O–H groups in total. The highest BCUT2D eigenvalue weighted by Gasteiger charge is 2.53. The molecule has 37 heavy (non-hydrogen) atoms. The van der Waals surface area contributed by atoms with Crippen LogP contribution >= 0.6 is 0 Å². The molecule has 4 aromatic carbocycles. The fourth-order valence-electron chi connectivity index (χ4n) is 6.31. The van der Waals surface area contributed by atoms with Crippen LogP contribution in [-0.2, 0) is 14.7 Å². The van der Waals surface area contributed by atoms with Crippen molar-refractivity contribution in [2.75, 3.05) is 0 Å². The summed E-state index contributed by atoms with van der Waals surface area (Å²) < 4.78 is 27.8. The summed E-state index contributed by atoms with van der Waals surface area (Å²) in [7, 11) is -0.452. The molecule has 0 amide bonds. The monoisotopic (exact) mass is 486 g/mol. The molecule has 3 aliphatic rings. The number of benzene rings is 4. The van der Waals surface area contributed by atoms with Crippen molar-refractivity contribution in [3.8, 4) is 11.1 Å². The van der Waals surface area contributed by atoms with Crippen molar-refractivity contribution in [1.29, 1.82) is 0 Å². The minimum Gasteiger partial charge on any atom is -0.399 e. The smallest absolute Gasteiger partial charge is 0.399 e. The van der Waals surface area contributed by atoms with Gasteiger partial charge in [-0.05, 0) is 89.8 Å². The highest BCUT2D eigenvalue weighted by Crippen LogP contribution is 2.58. The molecule has 1 heterocycles. The first kappa shape index (κ1) is 22.7. The van der Waals surface area contributed by atoms with Gasteiger partial charge in [0.05, 0.1) is 16.6 Å². The maximum absolute atomic E-state index is 14.9. The Bertz CT molecular complexity index is 1600. The predicted molar refractivity (Wildman–Crippen MR) is 148 cm³/mol. The summed E-state index contributed by atoms with van der Waals surface area (Å²) in [6.07, 6.45) is 4.27. The number of halogens is 1.